The van der Waals surface area contributed by atoms with Gasteiger partial charge in [-0.1, -0.05) is 85.8 Å². The van der Waals surface area contributed by atoms with Crippen LogP contribution in [-0.2, 0) is 14.3 Å². The molecular weight excluding hydrogens is 492 g/mol. The van der Waals surface area contributed by atoms with E-state index in [0.29, 0.717) is 25.2 Å². The zero-order valence-electron chi connectivity index (χ0n) is 22.2. The van der Waals surface area contributed by atoms with Gasteiger partial charge >= 0.3 is 5.97 Å². The number of carbonyl (C=O) groups is 2. The molecule has 0 aliphatic carbocycles. The van der Waals surface area contributed by atoms with E-state index < -0.39 is 0 Å². The van der Waals surface area contributed by atoms with Crippen LogP contribution in [0.15, 0.2) is 97.2 Å². The molecule has 1 unspecified atom stereocenters. The monoisotopic (exact) mass is 530 g/mol. The number of anilines is 1. The molecule has 38 heavy (non-hydrogen) atoms. The van der Waals surface area contributed by atoms with Crippen molar-refractivity contribution >= 4 is 29.3 Å². The molecule has 0 saturated carbocycles. The number of amides is 1. The summed E-state index contributed by atoms with van der Waals surface area (Å²) in [6.07, 6.45) is 3.60. The lowest BCUT2D eigenvalue weighted by molar-refractivity contribution is -0.143. The summed E-state index contributed by atoms with van der Waals surface area (Å²) in [6.45, 7) is 7.18. The molecule has 3 aromatic rings. The Hall–Kier alpha value is -3.51. The molecule has 200 valence electrons. The van der Waals surface area contributed by atoms with Gasteiger partial charge in [-0.05, 0) is 48.6 Å². The minimum Gasteiger partial charge on any atom is -0.466 e. The van der Waals surface area contributed by atoms with Gasteiger partial charge in [-0.3, -0.25) is 9.59 Å². The molecule has 0 radical (unpaired) electrons. The Morgan fingerprint density at radius 3 is 2.34 bits per heavy atom. The lowest BCUT2D eigenvalue weighted by Gasteiger charge is -2.18. The molecule has 0 fully saturated rings. The van der Waals surface area contributed by atoms with Crippen molar-refractivity contribution in [2.75, 3.05) is 24.2 Å². The summed E-state index contributed by atoms with van der Waals surface area (Å²) < 4.78 is 5.16. The number of ether oxygens (including phenoxy) is 1. The number of hydrogen-bond acceptors (Lipinski definition) is 5. The maximum absolute atomic E-state index is 12.4. The lowest BCUT2D eigenvalue weighted by Crippen LogP contribution is -2.17. The predicted molar refractivity (Wildman–Crippen MR) is 159 cm³/mol. The van der Waals surface area contributed by atoms with Gasteiger partial charge in [0.05, 0.1) is 13.0 Å². The third-order valence-corrected chi connectivity index (χ3v) is 7.35. The average Bonchev–Trinajstić information content (AvgIpc) is 2.94. The highest BCUT2D eigenvalue weighted by Crippen LogP contribution is 2.33. The first-order valence-corrected chi connectivity index (χ1v) is 14.3. The second-order valence-corrected chi connectivity index (χ2v) is 10.2. The van der Waals surface area contributed by atoms with Crippen molar-refractivity contribution in [3.05, 3.63) is 103 Å². The zero-order valence-corrected chi connectivity index (χ0v) is 23.0. The minimum atomic E-state index is -0.180. The van der Waals surface area contributed by atoms with Gasteiger partial charge in [0.25, 0.3) is 0 Å². The highest BCUT2D eigenvalue weighted by Gasteiger charge is 2.17. The summed E-state index contributed by atoms with van der Waals surface area (Å²) in [5, 5.41) is 6.43. The van der Waals surface area contributed by atoms with Gasteiger partial charge in [0, 0.05) is 35.4 Å². The first-order chi connectivity index (χ1) is 18.5. The van der Waals surface area contributed by atoms with Crippen LogP contribution in [0.3, 0.4) is 0 Å². The Morgan fingerprint density at radius 2 is 1.61 bits per heavy atom. The van der Waals surface area contributed by atoms with E-state index in [0.717, 1.165) is 53.9 Å². The topological polar surface area (TPSA) is 67.4 Å². The fourth-order valence-corrected chi connectivity index (χ4v) is 5.16. The smallest absolute Gasteiger partial charge is 0.307 e. The summed E-state index contributed by atoms with van der Waals surface area (Å²) in [4.78, 5) is 24.5. The van der Waals surface area contributed by atoms with Crippen molar-refractivity contribution in [3.8, 4) is 11.1 Å². The number of unbranched alkanes of at least 4 members (excludes halogenated alkanes) is 2. The Balaban J connectivity index is 1.31. The molecule has 0 aliphatic heterocycles. The molecule has 3 rings (SSSR count). The SMILES string of the molecule is C=C(CSC(CC(=O)OCC)c1ccccc1)NCCCCCC(=O)Nc1cccc(-c2ccccc2)c1. The maximum Gasteiger partial charge on any atom is 0.307 e. The van der Waals surface area contributed by atoms with E-state index >= 15 is 0 Å². The average molecular weight is 531 g/mol. The predicted octanol–water partition coefficient (Wildman–Crippen LogP) is 7.38. The standard InChI is InChI=1S/C32H38N2O3S/c1-3-37-32(36)23-30(27-16-9-5-10-17-27)38-24-25(2)33-21-12-6-11-20-31(35)34-29-19-13-18-28(22-29)26-14-7-4-8-15-26/h4-5,7-10,13-19,22,30,33H,2-3,6,11-12,20-21,23-24H2,1H3,(H,34,35). The summed E-state index contributed by atoms with van der Waals surface area (Å²) in [6, 6.07) is 28.1. The number of hydrogen-bond donors (Lipinski definition) is 2. The van der Waals surface area contributed by atoms with Crippen LogP contribution in [0.2, 0.25) is 0 Å². The summed E-state index contributed by atoms with van der Waals surface area (Å²) in [5.74, 6) is 0.571. The first-order valence-electron chi connectivity index (χ1n) is 13.2. The number of thioether (sulfide) groups is 1. The van der Waals surface area contributed by atoms with Gasteiger partial charge in [-0.15, -0.1) is 11.8 Å². The van der Waals surface area contributed by atoms with Gasteiger partial charge in [0.15, 0.2) is 0 Å². The van der Waals surface area contributed by atoms with Gasteiger partial charge in [-0.25, -0.2) is 0 Å². The summed E-state index contributed by atoms with van der Waals surface area (Å²) in [5.41, 5.74) is 5.09. The van der Waals surface area contributed by atoms with Gasteiger partial charge < -0.3 is 15.4 Å². The molecule has 0 aliphatic rings. The van der Waals surface area contributed by atoms with E-state index in [-0.39, 0.29) is 17.1 Å². The largest absolute Gasteiger partial charge is 0.466 e. The lowest BCUT2D eigenvalue weighted by atomic mass is 10.1. The number of rotatable bonds is 16. The molecule has 1 atom stereocenters. The van der Waals surface area contributed by atoms with Crippen LogP contribution < -0.4 is 10.6 Å². The van der Waals surface area contributed by atoms with Crippen LogP contribution in [0.5, 0.6) is 0 Å². The molecule has 6 heteroatoms. The maximum atomic E-state index is 12.4. The van der Waals surface area contributed by atoms with E-state index in [4.69, 9.17) is 4.74 Å². The highest BCUT2D eigenvalue weighted by molar-refractivity contribution is 7.99. The summed E-state index contributed by atoms with van der Waals surface area (Å²) in [7, 11) is 0. The fraction of sp³-hybridized carbons (Fsp3) is 0.312. The molecule has 0 spiro atoms. The van der Waals surface area contributed by atoms with Crippen molar-refractivity contribution in [2.45, 2.75) is 44.3 Å². The molecule has 3 aromatic carbocycles. The fourth-order valence-electron chi connectivity index (χ4n) is 4.05. The third-order valence-electron chi connectivity index (χ3n) is 6.00. The molecule has 0 heterocycles. The van der Waals surface area contributed by atoms with E-state index in [1.54, 1.807) is 11.8 Å². The van der Waals surface area contributed by atoms with Crippen molar-refractivity contribution in [1.29, 1.82) is 0 Å². The zero-order chi connectivity index (χ0) is 27.0. The molecule has 2 N–H and O–H groups in total. The second-order valence-electron chi connectivity index (χ2n) is 9.06. The third kappa shape index (κ3) is 10.5. The van der Waals surface area contributed by atoms with Crippen molar-refractivity contribution in [3.63, 3.8) is 0 Å². The first kappa shape index (κ1) is 29.1. The van der Waals surface area contributed by atoms with Crippen LogP contribution in [0.25, 0.3) is 11.1 Å². The summed E-state index contributed by atoms with van der Waals surface area (Å²) >= 11 is 1.69. The van der Waals surface area contributed by atoms with Gasteiger partial charge in [-0.2, -0.15) is 0 Å². The van der Waals surface area contributed by atoms with E-state index in [2.05, 4.69) is 29.3 Å². The molecule has 0 aromatic heterocycles. The van der Waals surface area contributed by atoms with Crippen molar-refractivity contribution < 1.29 is 14.3 Å². The molecular formula is C32H38N2O3S. The van der Waals surface area contributed by atoms with Gasteiger partial charge in [0.1, 0.15) is 0 Å². The molecule has 0 bridgehead atoms. The van der Waals surface area contributed by atoms with Crippen molar-refractivity contribution in [2.24, 2.45) is 0 Å². The van der Waals surface area contributed by atoms with Crippen LogP contribution >= 0.6 is 11.8 Å². The van der Waals surface area contributed by atoms with Crippen LogP contribution in [0.1, 0.15) is 49.8 Å². The Kier molecular flexibility index (Phi) is 12.5. The quantitative estimate of drug-likeness (QED) is 0.149. The Bertz CT molecular complexity index is 1150. The number of carbonyl (C=O) groups excluding carboxylic acids is 2. The van der Waals surface area contributed by atoms with Crippen molar-refractivity contribution in [1.82, 2.24) is 5.32 Å². The minimum absolute atomic E-state index is 0.0284. The number of esters is 1. The van der Waals surface area contributed by atoms with E-state index in [9.17, 15) is 9.59 Å². The van der Waals surface area contributed by atoms with Crippen LogP contribution in [-0.4, -0.2) is 30.8 Å². The van der Waals surface area contributed by atoms with Crippen LogP contribution in [0.4, 0.5) is 5.69 Å². The number of nitrogens with one attached hydrogen (secondary N) is 2. The molecule has 1 amide bonds. The number of benzene rings is 3. The molecule has 0 saturated heterocycles. The normalized spacial score (nSPS) is 11.4. The Morgan fingerprint density at radius 1 is 0.895 bits per heavy atom. The second kappa shape index (κ2) is 16.4. The van der Waals surface area contributed by atoms with E-state index in [1.807, 2.05) is 79.7 Å². The van der Waals surface area contributed by atoms with Crippen LogP contribution in [0, 0.1) is 0 Å². The molecule has 5 nitrogen and oxygen atoms in total. The highest BCUT2D eigenvalue weighted by atomic mass is 32.2. The Labute approximate surface area is 231 Å². The van der Waals surface area contributed by atoms with Gasteiger partial charge in [0.2, 0.25) is 5.91 Å². The van der Waals surface area contributed by atoms with E-state index in [1.165, 1.54) is 0 Å².